The first-order valence-electron chi connectivity index (χ1n) is 9.58. The fourth-order valence-electron chi connectivity index (χ4n) is 3.59. The molecule has 6 heteroatoms. The van der Waals surface area contributed by atoms with Gasteiger partial charge in [0.25, 0.3) is 5.91 Å². The number of urea groups is 1. The smallest absolute Gasteiger partial charge is 0.325 e. The molecule has 1 aliphatic heterocycles. The van der Waals surface area contributed by atoms with Crippen molar-refractivity contribution in [2.45, 2.75) is 38.6 Å². The third kappa shape index (κ3) is 3.76. The maximum atomic E-state index is 13.2. The van der Waals surface area contributed by atoms with Crippen LogP contribution in [0, 0.1) is 0 Å². The van der Waals surface area contributed by atoms with Crippen LogP contribution >= 0.6 is 0 Å². The Hall–Kier alpha value is -3.15. The van der Waals surface area contributed by atoms with Crippen LogP contribution in [0.3, 0.4) is 0 Å². The van der Waals surface area contributed by atoms with Gasteiger partial charge in [0, 0.05) is 5.69 Å². The molecule has 146 valence electrons. The first-order valence-corrected chi connectivity index (χ1v) is 9.58. The summed E-state index contributed by atoms with van der Waals surface area (Å²) in [6, 6.07) is 16.2. The second-order valence-corrected chi connectivity index (χ2v) is 6.94. The Balaban J connectivity index is 1.78. The van der Waals surface area contributed by atoms with Crippen LogP contribution in [-0.4, -0.2) is 29.3 Å². The van der Waals surface area contributed by atoms with Crippen molar-refractivity contribution in [2.75, 3.05) is 11.9 Å². The van der Waals surface area contributed by atoms with E-state index in [4.69, 9.17) is 0 Å². The van der Waals surface area contributed by atoms with Gasteiger partial charge < -0.3 is 10.6 Å². The van der Waals surface area contributed by atoms with E-state index in [-0.39, 0.29) is 12.5 Å². The fraction of sp³-hybridized carbons (Fsp3) is 0.318. The molecule has 0 bridgehead atoms. The van der Waals surface area contributed by atoms with E-state index in [0.717, 1.165) is 22.4 Å². The fourth-order valence-corrected chi connectivity index (χ4v) is 3.59. The molecule has 1 fully saturated rings. The van der Waals surface area contributed by atoms with E-state index < -0.39 is 17.5 Å². The summed E-state index contributed by atoms with van der Waals surface area (Å²) in [5, 5.41) is 5.60. The number of imide groups is 1. The SMILES string of the molecule is CCCC1(c2ccccc2)NC(=O)N(CC(=O)Nc2cccc(CC)c2)C1=O. The molecule has 2 N–H and O–H groups in total. The topological polar surface area (TPSA) is 78.5 Å². The summed E-state index contributed by atoms with van der Waals surface area (Å²) in [6.45, 7) is 3.67. The number of hydrogen-bond acceptors (Lipinski definition) is 3. The van der Waals surface area contributed by atoms with E-state index in [1.165, 1.54) is 0 Å². The molecule has 2 aromatic carbocycles. The number of carbonyl (C=O) groups is 3. The molecular weight excluding hydrogens is 354 g/mol. The molecule has 1 saturated heterocycles. The maximum absolute atomic E-state index is 13.2. The lowest BCUT2D eigenvalue weighted by Gasteiger charge is -2.26. The third-order valence-electron chi connectivity index (χ3n) is 4.99. The van der Waals surface area contributed by atoms with E-state index in [0.29, 0.717) is 18.5 Å². The van der Waals surface area contributed by atoms with Gasteiger partial charge in [0.1, 0.15) is 12.1 Å². The van der Waals surface area contributed by atoms with Crippen molar-refractivity contribution < 1.29 is 14.4 Å². The van der Waals surface area contributed by atoms with Crippen LogP contribution in [0.25, 0.3) is 0 Å². The summed E-state index contributed by atoms with van der Waals surface area (Å²) >= 11 is 0. The number of aryl methyl sites for hydroxylation is 1. The predicted octanol–water partition coefficient (Wildman–Crippen LogP) is 3.43. The van der Waals surface area contributed by atoms with Gasteiger partial charge in [-0.15, -0.1) is 0 Å². The Morgan fingerprint density at radius 3 is 2.50 bits per heavy atom. The molecule has 2 aromatic rings. The van der Waals surface area contributed by atoms with Crippen LogP contribution in [0.5, 0.6) is 0 Å². The molecule has 1 unspecified atom stereocenters. The minimum atomic E-state index is -1.12. The number of nitrogens with one attached hydrogen (secondary N) is 2. The number of carbonyl (C=O) groups excluding carboxylic acids is 3. The molecule has 0 spiro atoms. The Labute approximate surface area is 164 Å². The molecular formula is C22H25N3O3. The summed E-state index contributed by atoms with van der Waals surface area (Å²) in [5.74, 6) is -0.792. The molecule has 1 atom stereocenters. The van der Waals surface area contributed by atoms with Gasteiger partial charge in [-0.3, -0.25) is 14.5 Å². The van der Waals surface area contributed by atoms with Crippen molar-refractivity contribution in [3.8, 4) is 0 Å². The van der Waals surface area contributed by atoms with Gasteiger partial charge in [0.2, 0.25) is 5.91 Å². The lowest BCUT2D eigenvalue weighted by molar-refractivity contribution is -0.134. The van der Waals surface area contributed by atoms with E-state index in [1.54, 1.807) is 6.07 Å². The standard InChI is InChI=1S/C22H25N3O3/c1-3-13-22(17-10-6-5-7-11-17)20(27)25(21(28)24-22)15-19(26)23-18-12-8-9-16(4-2)14-18/h5-12,14H,3-4,13,15H2,1-2H3,(H,23,26)(H,24,28). The number of anilines is 1. The Bertz CT molecular complexity index is 882. The van der Waals surface area contributed by atoms with Crippen LogP contribution in [0.15, 0.2) is 54.6 Å². The summed E-state index contributed by atoms with van der Waals surface area (Å²) in [4.78, 5) is 39.2. The van der Waals surface area contributed by atoms with Crippen molar-refractivity contribution in [3.63, 3.8) is 0 Å². The zero-order valence-electron chi connectivity index (χ0n) is 16.2. The van der Waals surface area contributed by atoms with E-state index in [9.17, 15) is 14.4 Å². The van der Waals surface area contributed by atoms with Gasteiger partial charge >= 0.3 is 6.03 Å². The number of benzene rings is 2. The van der Waals surface area contributed by atoms with Crippen molar-refractivity contribution in [2.24, 2.45) is 0 Å². The Kier molecular flexibility index (Phi) is 5.78. The molecule has 1 heterocycles. The van der Waals surface area contributed by atoms with Gasteiger partial charge in [-0.2, -0.15) is 0 Å². The van der Waals surface area contributed by atoms with E-state index in [2.05, 4.69) is 10.6 Å². The van der Waals surface area contributed by atoms with Gasteiger partial charge in [-0.1, -0.05) is 62.7 Å². The monoisotopic (exact) mass is 379 g/mol. The van der Waals surface area contributed by atoms with Crippen molar-refractivity contribution in [1.29, 1.82) is 0 Å². The highest BCUT2D eigenvalue weighted by Gasteiger charge is 2.52. The molecule has 4 amide bonds. The van der Waals surface area contributed by atoms with Crippen molar-refractivity contribution in [3.05, 3.63) is 65.7 Å². The average molecular weight is 379 g/mol. The molecule has 3 rings (SSSR count). The predicted molar refractivity (Wildman–Crippen MR) is 108 cm³/mol. The van der Waals surface area contributed by atoms with E-state index in [1.807, 2.05) is 62.4 Å². The molecule has 0 radical (unpaired) electrons. The molecule has 1 aliphatic rings. The number of rotatable bonds is 7. The quantitative estimate of drug-likeness (QED) is 0.724. The second-order valence-electron chi connectivity index (χ2n) is 6.94. The Morgan fingerprint density at radius 1 is 1.07 bits per heavy atom. The molecule has 6 nitrogen and oxygen atoms in total. The minimum Gasteiger partial charge on any atom is -0.325 e. The summed E-state index contributed by atoms with van der Waals surface area (Å²) < 4.78 is 0. The van der Waals surface area contributed by atoms with Gasteiger partial charge in [0.05, 0.1) is 0 Å². The highest BCUT2D eigenvalue weighted by molar-refractivity contribution is 6.10. The van der Waals surface area contributed by atoms with Crippen molar-refractivity contribution >= 4 is 23.5 Å². The van der Waals surface area contributed by atoms with Gasteiger partial charge in [-0.05, 0) is 36.1 Å². The van der Waals surface area contributed by atoms with Crippen LogP contribution in [0.1, 0.15) is 37.8 Å². The van der Waals surface area contributed by atoms with E-state index >= 15 is 0 Å². The summed E-state index contributed by atoms with van der Waals surface area (Å²) in [5.41, 5.74) is 1.36. The highest BCUT2D eigenvalue weighted by atomic mass is 16.2. The maximum Gasteiger partial charge on any atom is 0.325 e. The van der Waals surface area contributed by atoms with Gasteiger partial charge in [0.15, 0.2) is 0 Å². The van der Waals surface area contributed by atoms with Crippen molar-refractivity contribution in [1.82, 2.24) is 10.2 Å². The molecule has 0 aromatic heterocycles. The molecule has 0 aliphatic carbocycles. The molecule has 0 saturated carbocycles. The average Bonchev–Trinajstić information content (AvgIpc) is 2.94. The lowest BCUT2D eigenvalue weighted by atomic mass is 9.85. The van der Waals surface area contributed by atoms with Gasteiger partial charge in [-0.25, -0.2) is 4.79 Å². The first kappa shape index (κ1) is 19.6. The van der Waals surface area contributed by atoms with Crippen LogP contribution in [0.2, 0.25) is 0 Å². The van der Waals surface area contributed by atoms with Crippen LogP contribution in [0.4, 0.5) is 10.5 Å². The number of nitrogens with zero attached hydrogens (tertiary/aromatic N) is 1. The minimum absolute atomic E-state index is 0.320. The second kappa shape index (κ2) is 8.25. The number of hydrogen-bond donors (Lipinski definition) is 2. The molecule has 28 heavy (non-hydrogen) atoms. The lowest BCUT2D eigenvalue weighted by Crippen LogP contribution is -2.44. The normalized spacial score (nSPS) is 18.9. The van der Waals surface area contributed by atoms with Crippen LogP contribution in [-0.2, 0) is 21.5 Å². The number of amides is 4. The zero-order valence-corrected chi connectivity index (χ0v) is 16.2. The first-order chi connectivity index (χ1) is 13.5. The third-order valence-corrected chi connectivity index (χ3v) is 4.99. The zero-order chi connectivity index (χ0) is 20.1. The van der Waals surface area contributed by atoms with Crippen LogP contribution < -0.4 is 10.6 Å². The highest BCUT2D eigenvalue weighted by Crippen LogP contribution is 2.33. The Morgan fingerprint density at radius 2 is 1.82 bits per heavy atom. The summed E-state index contributed by atoms with van der Waals surface area (Å²) in [6.07, 6.45) is 2.04. The largest absolute Gasteiger partial charge is 0.325 e. The summed E-state index contributed by atoms with van der Waals surface area (Å²) in [7, 11) is 0.